The number of carboxylic acids is 1. The van der Waals surface area contributed by atoms with Gasteiger partial charge in [0, 0.05) is 0 Å². The van der Waals surface area contributed by atoms with Gasteiger partial charge < -0.3 is 15.7 Å². The first kappa shape index (κ1) is 12.2. The van der Waals surface area contributed by atoms with E-state index in [9.17, 15) is 4.79 Å². The zero-order chi connectivity index (χ0) is 12.0. The molecule has 0 amide bonds. The van der Waals surface area contributed by atoms with Crippen LogP contribution < -0.4 is 5.73 Å². The number of carboxylic acid groups (broad SMARTS) is 1. The molecule has 3 N–H and O–H groups in total. The molecular formula is C11H14N2O3. The number of rotatable bonds is 5. The quantitative estimate of drug-likeness (QED) is 0.565. The number of benzene rings is 1. The second-order valence-corrected chi connectivity index (χ2v) is 3.31. The summed E-state index contributed by atoms with van der Waals surface area (Å²) in [4.78, 5) is 15.1. The second kappa shape index (κ2) is 5.87. The van der Waals surface area contributed by atoms with Gasteiger partial charge >= 0.3 is 5.97 Å². The van der Waals surface area contributed by atoms with Crippen LogP contribution in [0.4, 0.5) is 0 Å². The average molecular weight is 222 g/mol. The predicted molar refractivity (Wildman–Crippen MR) is 60.4 cm³/mol. The van der Waals surface area contributed by atoms with Gasteiger partial charge in [0.15, 0.2) is 0 Å². The molecule has 0 saturated heterocycles. The summed E-state index contributed by atoms with van der Waals surface area (Å²) in [6.45, 7) is 0. The number of nitrogens with zero attached hydrogens (tertiary/aromatic N) is 1. The Labute approximate surface area is 93.5 Å². The lowest BCUT2D eigenvalue weighted by Gasteiger charge is -2.06. The van der Waals surface area contributed by atoms with Crippen LogP contribution in [0.5, 0.6) is 0 Å². The number of carbonyl (C=O) groups is 1. The first-order chi connectivity index (χ1) is 7.63. The largest absolute Gasteiger partial charge is 0.480 e. The summed E-state index contributed by atoms with van der Waals surface area (Å²) in [7, 11) is 1.47. The first-order valence-electron chi connectivity index (χ1n) is 4.77. The van der Waals surface area contributed by atoms with E-state index in [-0.39, 0.29) is 0 Å². The second-order valence-electron chi connectivity index (χ2n) is 3.31. The molecule has 1 aromatic carbocycles. The summed E-state index contributed by atoms with van der Waals surface area (Å²) < 4.78 is 0. The van der Waals surface area contributed by atoms with E-state index >= 15 is 0 Å². The minimum Gasteiger partial charge on any atom is -0.480 e. The zero-order valence-corrected chi connectivity index (χ0v) is 8.96. The molecular weight excluding hydrogens is 208 g/mol. The maximum absolute atomic E-state index is 10.5. The van der Waals surface area contributed by atoms with Crippen molar-refractivity contribution in [2.24, 2.45) is 10.9 Å². The minimum atomic E-state index is -0.995. The molecule has 1 aromatic rings. The standard InChI is InChI=1S/C11H14N2O3/c1-16-13-7-9-4-2-8(3-5-9)6-10(12)11(14)15/h2-5,7,10H,6,12H2,1H3,(H,14,15)/b13-7+/t10-/m0/s1. The molecule has 0 aromatic heterocycles. The van der Waals surface area contributed by atoms with E-state index < -0.39 is 12.0 Å². The third-order valence-corrected chi connectivity index (χ3v) is 2.06. The molecule has 0 unspecified atom stereocenters. The van der Waals surface area contributed by atoms with Crippen LogP contribution in [0.1, 0.15) is 11.1 Å². The van der Waals surface area contributed by atoms with E-state index in [0.717, 1.165) is 11.1 Å². The number of nitrogens with two attached hydrogens (primary N) is 1. The Morgan fingerprint density at radius 1 is 1.56 bits per heavy atom. The fraction of sp³-hybridized carbons (Fsp3) is 0.273. The Balaban J connectivity index is 2.64. The van der Waals surface area contributed by atoms with Gasteiger partial charge in [0.1, 0.15) is 13.2 Å². The van der Waals surface area contributed by atoms with Gasteiger partial charge in [-0.05, 0) is 17.5 Å². The van der Waals surface area contributed by atoms with E-state index in [0.29, 0.717) is 6.42 Å². The highest BCUT2D eigenvalue weighted by molar-refractivity contribution is 5.79. The molecule has 0 heterocycles. The molecule has 5 heteroatoms. The van der Waals surface area contributed by atoms with Crippen LogP contribution in [-0.2, 0) is 16.1 Å². The van der Waals surface area contributed by atoms with Gasteiger partial charge in [-0.15, -0.1) is 0 Å². The van der Waals surface area contributed by atoms with Gasteiger partial charge in [-0.3, -0.25) is 4.79 Å². The lowest BCUT2D eigenvalue weighted by Crippen LogP contribution is -2.32. The normalized spacial score (nSPS) is 12.6. The molecule has 86 valence electrons. The molecule has 0 aliphatic rings. The van der Waals surface area contributed by atoms with Crippen LogP contribution in [-0.4, -0.2) is 30.4 Å². The van der Waals surface area contributed by atoms with E-state index in [1.807, 2.05) is 24.3 Å². The van der Waals surface area contributed by atoms with Crippen LogP contribution in [0.3, 0.4) is 0 Å². The fourth-order valence-electron chi connectivity index (χ4n) is 1.19. The molecule has 0 aliphatic heterocycles. The molecule has 0 spiro atoms. The van der Waals surface area contributed by atoms with Crippen LogP contribution in [0.2, 0.25) is 0 Å². The number of hydrogen-bond donors (Lipinski definition) is 2. The Kier molecular flexibility index (Phi) is 4.47. The number of aliphatic carboxylic acids is 1. The summed E-state index contributed by atoms with van der Waals surface area (Å²) in [5.41, 5.74) is 7.18. The summed E-state index contributed by atoms with van der Waals surface area (Å²) >= 11 is 0. The SMILES string of the molecule is CO/N=C/c1ccc(C[C@H](N)C(=O)O)cc1. The van der Waals surface area contributed by atoms with Crippen molar-refractivity contribution < 1.29 is 14.7 Å². The maximum atomic E-state index is 10.5. The predicted octanol–water partition coefficient (Wildman–Crippen LogP) is 0.621. The van der Waals surface area contributed by atoms with E-state index in [4.69, 9.17) is 10.8 Å². The molecule has 0 saturated carbocycles. The Morgan fingerprint density at radius 2 is 2.19 bits per heavy atom. The van der Waals surface area contributed by atoms with Crippen molar-refractivity contribution in [2.45, 2.75) is 12.5 Å². The van der Waals surface area contributed by atoms with E-state index in [2.05, 4.69) is 9.99 Å². The van der Waals surface area contributed by atoms with Crippen molar-refractivity contribution in [3.63, 3.8) is 0 Å². The topological polar surface area (TPSA) is 84.9 Å². The lowest BCUT2D eigenvalue weighted by atomic mass is 10.1. The molecule has 1 rings (SSSR count). The number of oxime groups is 1. The Hall–Kier alpha value is -1.88. The minimum absolute atomic E-state index is 0.317. The first-order valence-corrected chi connectivity index (χ1v) is 4.77. The summed E-state index contributed by atoms with van der Waals surface area (Å²) in [6.07, 6.45) is 1.89. The van der Waals surface area contributed by atoms with Gasteiger partial charge in [0.25, 0.3) is 0 Å². The highest BCUT2D eigenvalue weighted by atomic mass is 16.6. The van der Waals surface area contributed by atoms with Gasteiger partial charge in [-0.25, -0.2) is 0 Å². The van der Waals surface area contributed by atoms with Crippen LogP contribution in [0, 0.1) is 0 Å². The monoisotopic (exact) mass is 222 g/mol. The third-order valence-electron chi connectivity index (χ3n) is 2.06. The van der Waals surface area contributed by atoms with Gasteiger partial charge in [-0.1, -0.05) is 29.4 Å². The smallest absolute Gasteiger partial charge is 0.320 e. The fourth-order valence-corrected chi connectivity index (χ4v) is 1.19. The van der Waals surface area contributed by atoms with Crippen molar-refractivity contribution in [1.82, 2.24) is 0 Å². The van der Waals surface area contributed by atoms with Gasteiger partial charge in [-0.2, -0.15) is 0 Å². The summed E-state index contributed by atoms with van der Waals surface area (Å²) in [5, 5.41) is 12.3. The molecule has 0 bridgehead atoms. The molecule has 5 nitrogen and oxygen atoms in total. The highest BCUT2D eigenvalue weighted by Gasteiger charge is 2.11. The molecule has 0 aliphatic carbocycles. The highest BCUT2D eigenvalue weighted by Crippen LogP contribution is 2.05. The van der Waals surface area contributed by atoms with Crippen molar-refractivity contribution in [3.05, 3.63) is 35.4 Å². The summed E-state index contributed by atoms with van der Waals surface area (Å²) in [5.74, 6) is -0.995. The molecule has 0 radical (unpaired) electrons. The van der Waals surface area contributed by atoms with Crippen LogP contribution in [0.25, 0.3) is 0 Å². The summed E-state index contributed by atoms with van der Waals surface area (Å²) in [6, 6.07) is 6.43. The number of hydrogen-bond acceptors (Lipinski definition) is 4. The lowest BCUT2D eigenvalue weighted by molar-refractivity contribution is -0.138. The third kappa shape index (κ3) is 3.70. The van der Waals surface area contributed by atoms with E-state index in [1.165, 1.54) is 7.11 Å². The van der Waals surface area contributed by atoms with Gasteiger partial charge in [0.05, 0.1) is 6.21 Å². The zero-order valence-electron chi connectivity index (χ0n) is 8.96. The van der Waals surface area contributed by atoms with Crippen molar-refractivity contribution >= 4 is 12.2 Å². The molecule has 16 heavy (non-hydrogen) atoms. The van der Waals surface area contributed by atoms with Crippen molar-refractivity contribution in [2.75, 3.05) is 7.11 Å². The van der Waals surface area contributed by atoms with Crippen LogP contribution in [0.15, 0.2) is 29.4 Å². The van der Waals surface area contributed by atoms with Crippen molar-refractivity contribution in [1.29, 1.82) is 0 Å². The molecule has 0 fully saturated rings. The Morgan fingerprint density at radius 3 is 2.69 bits per heavy atom. The van der Waals surface area contributed by atoms with E-state index in [1.54, 1.807) is 6.21 Å². The average Bonchev–Trinajstić information content (AvgIpc) is 2.28. The maximum Gasteiger partial charge on any atom is 0.320 e. The van der Waals surface area contributed by atoms with Gasteiger partial charge in [0.2, 0.25) is 0 Å². The van der Waals surface area contributed by atoms with Crippen LogP contribution >= 0.6 is 0 Å². The Bertz CT molecular complexity index is 373. The van der Waals surface area contributed by atoms with Crippen molar-refractivity contribution in [3.8, 4) is 0 Å². The molecule has 1 atom stereocenters.